The van der Waals surface area contributed by atoms with Gasteiger partial charge in [-0.25, -0.2) is 8.78 Å². The van der Waals surface area contributed by atoms with E-state index in [4.69, 9.17) is 14.6 Å². The third kappa shape index (κ3) is 4.49. The van der Waals surface area contributed by atoms with Gasteiger partial charge in [-0.3, -0.25) is 4.79 Å². The number of aliphatic hydroxyl groups excluding tert-OH is 1. The van der Waals surface area contributed by atoms with Crippen molar-refractivity contribution in [2.45, 2.75) is 19.1 Å². The quantitative estimate of drug-likeness (QED) is 0.857. The van der Waals surface area contributed by atoms with Gasteiger partial charge in [-0.15, -0.1) is 0 Å². The molecule has 26 heavy (non-hydrogen) atoms. The number of likely N-dealkylation sites (tertiary alicyclic amines) is 1. The lowest BCUT2D eigenvalue weighted by Gasteiger charge is -2.17. The standard InChI is InChI=1S/C19H19F2NO4/c20-17-6-5-15(9-18(17)21)26-16-7-8-22(10-16)19(24)12-25-14-3-1-13(11-23)2-4-14/h1-6,9,16,23H,7-8,10-12H2. The molecule has 2 aromatic carbocycles. The van der Waals surface area contributed by atoms with Gasteiger partial charge in [0.15, 0.2) is 18.2 Å². The van der Waals surface area contributed by atoms with Crippen molar-refractivity contribution in [2.75, 3.05) is 19.7 Å². The molecule has 1 unspecified atom stereocenters. The van der Waals surface area contributed by atoms with E-state index in [9.17, 15) is 13.6 Å². The molecule has 1 amide bonds. The molecule has 1 aliphatic heterocycles. The summed E-state index contributed by atoms with van der Waals surface area (Å²) in [5.41, 5.74) is 0.764. The van der Waals surface area contributed by atoms with Crippen molar-refractivity contribution < 1.29 is 28.2 Å². The summed E-state index contributed by atoms with van der Waals surface area (Å²) in [6, 6.07) is 10.2. The molecule has 0 saturated carbocycles. The van der Waals surface area contributed by atoms with Crippen LogP contribution in [0.15, 0.2) is 42.5 Å². The monoisotopic (exact) mass is 363 g/mol. The van der Waals surface area contributed by atoms with E-state index in [0.717, 1.165) is 17.7 Å². The minimum atomic E-state index is -0.964. The van der Waals surface area contributed by atoms with Gasteiger partial charge in [0.1, 0.15) is 17.6 Å². The second-order valence-corrected chi connectivity index (χ2v) is 6.03. The third-order valence-electron chi connectivity index (χ3n) is 4.16. The first kappa shape index (κ1) is 18.1. The van der Waals surface area contributed by atoms with Crippen LogP contribution in [0.25, 0.3) is 0 Å². The fourth-order valence-corrected chi connectivity index (χ4v) is 2.72. The summed E-state index contributed by atoms with van der Waals surface area (Å²) < 4.78 is 37.2. The van der Waals surface area contributed by atoms with Crippen LogP contribution in [0.4, 0.5) is 8.78 Å². The minimum Gasteiger partial charge on any atom is -0.488 e. The van der Waals surface area contributed by atoms with Gasteiger partial charge in [0.05, 0.1) is 13.2 Å². The van der Waals surface area contributed by atoms with Crippen molar-refractivity contribution in [3.63, 3.8) is 0 Å². The van der Waals surface area contributed by atoms with Crippen LogP contribution in [0.2, 0.25) is 0 Å². The Morgan fingerprint density at radius 1 is 1.12 bits per heavy atom. The highest BCUT2D eigenvalue weighted by Crippen LogP contribution is 2.21. The number of rotatable bonds is 6. The Labute approximate surface area is 149 Å². The van der Waals surface area contributed by atoms with E-state index in [1.807, 2.05) is 0 Å². The number of benzene rings is 2. The third-order valence-corrected chi connectivity index (χ3v) is 4.16. The van der Waals surface area contributed by atoms with Gasteiger partial charge >= 0.3 is 0 Å². The highest BCUT2D eigenvalue weighted by atomic mass is 19.2. The molecule has 1 atom stereocenters. The maximum atomic E-state index is 13.2. The molecule has 2 aromatic rings. The van der Waals surface area contributed by atoms with Crippen LogP contribution in [0.1, 0.15) is 12.0 Å². The molecule has 5 nitrogen and oxygen atoms in total. The van der Waals surface area contributed by atoms with Crippen LogP contribution < -0.4 is 9.47 Å². The van der Waals surface area contributed by atoms with Gasteiger partial charge in [-0.2, -0.15) is 0 Å². The number of hydrogen-bond donors (Lipinski definition) is 1. The van der Waals surface area contributed by atoms with Gasteiger partial charge in [0.25, 0.3) is 5.91 Å². The highest BCUT2D eigenvalue weighted by Gasteiger charge is 2.28. The van der Waals surface area contributed by atoms with Crippen molar-refractivity contribution in [1.29, 1.82) is 0 Å². The minimum absolute atomic E-state index is 0.0493. The molecule has 7 heteroatoms. The first-order valence-electron chi connectivity index (χ1n) is 8.27. The van der Waals surface area contributed by atoms with Crippen molar-refractivity contribution in [3.8, 4) is 11.5 Å². The fourth-order valence-electron chi connectivity index (χ4n) is 2.72. The normalized spacial score (nSPS) is 16.6. The first-order chi connectivity index (χ1) is 12.5. The van der Waals surface area contributed by atoms with E-state index < -0.39 is 11.6 Å². The summed E-state index contributed by atoms with van der Waals surface area (Å²) >= 11 is 0. The van der Waals surface area contributed by atoms with Crippen LogP contribution in [0.5, 0.6) is 11.5 Å². The zero-order valence-electron chi connectivity index (χ0n) is 14.0. The van der Waals surface area contributed by atoms with Crippen molar-refractivity contribution >= 4 is 5.91 Å². The number of carbonyl (C=O) groups is 1. The smallest absolute Gasteiger partial charge is 0.260 e. The predicted molar refractivity (Wildman–Crippen MR) is 89.8 cm³/mol. The SMILES string of the molecule is O=C(COc1ccc(CO)cc1)N1CCC(Oc2ccc(F)c(F)c2)C1. The van der Waals surface area contributed by atoms with Crippen LogP contribution >= 0.6 is 0 Å². The number of ether oxygens (including phenoxy) is 2. The molecular weight excluding hydrogens is 344 g/mol. The molecule has 0 bridgehead atoms. The van der Waals surface area contributed by atoms with Gasteiger partial charge < -0.3 is 19.5 Å². The van der Waals surface area contributed by atoms with Gasteiger partial charge in [0, 0.05) is 19.0 Å². The Bertz CT molecular complexity index is 767. The molecule has 0 spiro atoms. The summed E-state index contributed by atoms with van der Waals surface area (Å²) in [7, 11) is 0. The van der Waals surface area contributed by atoms with E-state index in [-0.39, 0.29) is 31.0 Å². The molecule has 0 aromatic heterocycles. The predicted octanol–water partition coefficient (Wildman–Crippen LogP) is 2.52. The molecule has 1 heterocycles. The lowest BCUT2D eigenvalue weighted by molar-refractivity contribution is -0.132. The second kappa shape index (κ2) is 8.14. The number of amides is 1. The van der Waals surface area contributed by atoms with Gasteiger partial charge in [-0.05, 0) is 29.8 Å². The van der Waals surface area contributed by atoms with Crippen molar-refractivity contribution in [2.24, 2.45) is 0 Å². The van der Waals surface area contributed by atoms with Crippen LogP contribution in [0, 0.1) is 11.6 Å². The Hall–Kier alpha value is -2.67. The molecular formula is C19H19F2NO4. The summed E-state index contributed by atoms with van der Waals surface area (Å²) in [6.45, 7) is 0.729. The molecule has 1 aliphatic rings. The van der Waals surface area contributed by atoms with Crippen LogP contribution in [-0.4, -0.2) is 41.7 Å². The summed E-state index contributed by atoms with van der Waals surface area (Å²) in [4.78, 5) is 13.9. The Morgan fingerprint density at radius 3 is 2.54 bits per heavy atom. The molecule has 0 aliphatic carbocycles. The number of hydrogen-bond acceptors (Lipinski definition) is 4. The van der Waals surface area contributed by atoms with Crippen molar-refractivity contribution in [3.05, 3.63) is 59.7 Å². The zero-order valence-corrected chi connectivity index (χ0v) is 14.0. The average molecular weight is 363 g/mol. The topological polar surface area (TPSA) is 59.0 Å². The lowest BCUT2D eigenvalue weighted by Crippen LogP contribution is -2.34. The molecule has 3 rings (SSSR count). The Morgan fingerprint density at radius 2 is 1.85 bits per heavy atom. The van der Waals surface area contributed by atoms with E-state index in [1.165, 1.54) is 6.07 Å². The molecule has 1 saturated heterocycles. The van der Waals surface area contributed by atoms with E-state index in [2.05, 4.69) is 0 Å². The maximum Gasteiger partial charge on any atom is 0.260 e. The van der Waals surface area contributed by atoms with E-state index in [1.54, 1.807) is 29.2 Å². The average Bonchev–Trinajstić information content (AvgIpc) is 3.12. The van der Waals surface area contributed by atoms with Gasteiger partial charge in [-0.1, -0.05) is 12.1 Å². The first-order valence-corrected chi connectivity index (χ1v) is 8.27. The molecule has 1 N–H and O–H groups in total. The van der Waals surface area contributed by atoms with Crippen LogP contribution in [0.3, 0.4) is 0 Å². The molecule has 1 fully saturated rings. The Balaban J connectivity index is 1.48. The van der Waals surface area contributed by atoms with E-state index in [0.29, 0.717) is 25.3 Å². The molecule has 0 radical (unpaired) electrons. The van der Waals surface area contributed by atoms with Crippen LogP contribution in [-0.2, 0) is 11.4 Å². The number of carbonyl (C=O) groups excluding carboxylic acids is 1. The van der Waals surface area contributed by atoms with Gasteiger partial charge in [0.2, 0.25) is 0 Å². The number of nitrogens with zero attached hydrogens (tertiary/aromatic N) is 1. The second-order valence-electron chi connectivity index (χ2n) is 6.03. The summed E-state index contributed by atoms with van der Waals surface area (Å²) in [6.07, 6.45) is 0.336. The Kier molecular flexibility index (Phi) is 5.68. The number of aliphatic hydroxyl groups is 1. The molecule has 138 valence electrons. The lowest BCUT2D eigenvalue weighted by atomic mass is 10.2. The highest BCUT2D eigenvalue weighted by molar-refractivity contribution is 5.78. The zero-order chi connectivity index (χ0) is 18.5. The summed E-state index contributed by atoms with van der Waals surface area (Å²) in [5, 5.41) is 9.00. The largest absolute Gasteiger partial charge is 0.488 e. The van der Waals surface area contributed by atoms with E-state index >= 15 is 0 Å². The maximum absolute atomic E-state index is 13.2. The summed E-state index contributed by atoms with van der Waals surface area (Å²) in [5.74, 6) is -1.28. The van der Waals surface area contributed by atoms with Crippen molar-refractivity contribution in [1.82, 2.24) is 4.90 Å². The number of halogens is 2. The fraction of sp³-hybridized carbons (Fsp3) is 0.316.